The van der Waals surface area contributed by atoms with Gasteiger partial charge in [0.05, 0.1) is 6.61 Å². The Labute approximate surface area is 181 Å². The van der Waals surface area contributed by atoms with E-state index in [2.05, 4.69) is 30.2 Å². The van der Waals surface area contributed by atoms with Crippen LogP contribution in [0.15, 0.2) is 12.2 Å². The highest BCUT2D eigenvalue weighted by Gasteiger charge is 2.11. The van der Waals surface area contributed by atoms with Crippen LogP contribution in [0, 0.1) is 5.92 Å². The van der Waals surface area contributed by atoms with Crippen molar-refractivity contribution < 1.29 is 17.2 Å². The Balaban J connectivity index is 3.91. The van der Waals surface area contributed by atoms with E-state index in [0.29, 0.717) is 0 Å². The molecule has 0 aromatic rings. The number of allylic oxidation sites excluding steroid dienone is 1. The molecule has 0 radical (unpaired) electrons. The summed E-state index contributed by atoms with van der Waals surface area (Å²) in [5, 5.41) is 0. The quantitative estimate of drug-likeness (QED) is 0.107. The first-order chi connectivity index (χ1) is 14.0. The third-order valence-electron chi connectivity index (χ3n) is 5.49. The SMILES string of the molecule is CCCCCCCCCCC/C=C/C(CCCCCCCCC)COS(=O)(=O)O. The van der Waals surface area contributed by atoms with Gasteiger partial charge in [-0.3, -0.25) is 4.55 Å². The second kappa shape index (κ2) is 20.9. The maximum Gasteiger partial charge on any atom is 0.397 e. The fourth-order valence-electron chi connectivity index (χ4n) is 3.63. The van der Waals surface area contributed by atoms with Crippen molar-refractivity contribution in [2.75, 3.05) is 6.61 Å². The van der Waals surface area contributed by atoms with Gasteiger partial charge in [-0.05, 0) is 19.3 Å². The standard InChI is InChI=1S/C24H48O4S/c1-3-5-7-9-11-12-13-14-16-18-20-22-24(23-28-29(25,26)27)21-19-17-15-10-8-6-4-2/h20,22,24H,3-19,21,23H2,1-2H3,(H,25,26,27)/b22-20+. The Morgan fingerprint density at radius 3 is 1.66 bits per heavy atom. The molecular formula is C24H48O4S. The van der Waals surface area contributed by atoms with Crippen LogP contribution in [0.25, 0.3) is 0 Å². The number of hydrogen-bond donors (Lipinski definition) is 1. The molecule has 0 bridgehead atoms. The fraction of sp³-hybridized carbons (Fsp3) is 0.917. The normalized spacial score (nSPS) is 13.3. The van der Waals surface area contributed by atoms with Crippen LogP contribution in [0.5, 0.6) is 0 Å². The molecule has 29 heavy (non-hydrogen) atoms. The number of hydrogen-bond acceptors (Lipinski definition) is 3. The molecule has 0 aliphatic rings. The van der Waals surface area contributed by atoms with E-state index in [9.17, 15) is 8.42 Å². The summed E-state index contributed by atoms with van der Waals surface area (Å²) < 4.78 is 35.2. The van der Waals surface area contributed by atoms with Crippen molar-refractivity contribution in [3.63, 3.8) is 0 Å². The number of rotatable bonds is 22. The van der Waals surface area contributed by atoms with E-state index in [1.807, 2.05) is 0 Å². The van der Waals surface area contributed by atoms with Crippen LogP contribution in [-0.4, -0.2) is 19.6 Å². The van der Waals surface area contributed by atoms with Crippen molar-refractivity contribution in [1.29, 1.82) is 0 Å². The van der Waals surface area contributed by atoms with Gasteiger partial charge in [-0.15, -0.1) is 0 Å². The smallest absolute Gasteiger partial charge is 0.264 e. The highest BCUT2D eigenvalue weighted by molar-refractivity contribution is 7.80. The van der Waals surface area contributed by atoms with Crippen molar-refractivity contribution in [1.82, 2.24) is 0 Å². The van der Waals surface area contributed by atoms with Gasteiger partial charge in [0.2, 0.25) is 0 Å². The van der Waals surface area contributed by atoms with Crippen LogP contribution in [-0.2, 0) is 14.6 Å². The van der Waals surface area contributed by atoms with E-state index in [4.69, 9.17) is 4.55 Å². The molecule has 0 fully saturated rings. The third kappa shape index (κ3) is 23.8. The molecule has 1 atom stereocenters. The fourth-order valence-corrected chi connectivity index (χ4v) is 3.98. The van der Waals surface area contributed by atoms with Gasteiger partial charge in [0.25, 0.3) is 0 Å². The lowest BCUT2D eigenvalue weighted by Gasteiger charge is -2.12. The van der Waals surface area contributed by atoms with Crippen LogP contribution in [0.1, 0.15) is 129 Å². The molecule has 0 spiro atoms. The Morgan fingerprint density at radius 1 is 0.724 bits per heavy atom. The molecule has 4 nitrogen and oxygen atoms in total. The van der Waals surface area contributed by atoms with Crippen LogP contribution in [0.3, 0.4) is 0 Å². The first-order valence-corrected chi connectivity index (χ1v) is 13.6. The zero-order chi connectivity index (χ0) is 21.6. The molecule has 0 aromatic heterocycles. The zero-order valence-corrected chi connectivity index (χ0v) is 20.1. The van der Waals surface area contributed by atoms with E-state index in [0.717, 1.165) is 19.3 Å². The summed E-state index contributed by atoms with van der Waals surface area (Å²) >= 11 is 0. The summed E-state index contributed by atoms with van der Waals surface area (Å²) in [4.78, 5) is 0. The average molecular weight is 433 g/mol. The van der Waals surface area contributed by atoms with E-state index >= 15 is 0 Å². The van der Waals surface area contributed by atoms with Gasteiger partial charge < -0.3 is 0 Å². The molecule has 0 aliphatic carbocycles. The molecule has 0 amide bonds. The van der Waals surface area contributed by atoms with E-state index in [1.54, 1.807) is 0 Å². The largest absolute Gasteiger partial charge is 0.397 e. The summed E-state index contributed by atoms with van der Waals surface area (Å²) in [6.07, 6.45) is 26.8. The van der Waals surface area contributed by atoms with Gasteiger partial charge in [0.1, 0.15) is 0 Å². The molecule has 5 heteroatoms. The van der Waals surface area contributed by atoms with E-state index < -0.39 is 10.4 Å². The van der Waals surface area contributed by atoms with Gasteiger partial charge in [0.15, 0.2) is 0 Å². The molecule has 0 aliphatic heterocycles. The number of unbranched alkanes of at least 4 members (excludes halogenated alkanes) is 15. The first kappa shape index (κ1) is 28.6. The lowest BCUT2D eigenvalue weighted by molar-refractivity contribution is 0.234. The van der Waals surface area contributed by atoms with Crippen LogP contribution in [0.2, 0.25) is 0 Å². The highest BCUT2D eigenvalue weighted by Crippen LogP contribution is 2.16. The molecular weight excluding hydrogens is 384 g/mol. The Hall–Kier alpha value is -0.390. The molecule has 1 N–H and O–H groups in total. The lowest BCUT2D eigenvalue weighted by atomic mass is 9.99. The summed E-state index contributed by atoms with van der Waals surface area (Å²) in [6, 6.07) is 0. The maximum atomic E-state index is 10.9. The van der Waals surface area contributed by atoms with Crippen molar-refractivity contribution in [3.8, 4) is 0 Å². The molecule has 0 rings (SSSR count). The molecule has 0 aromatic carbocycles. The van der Waals surface area contributed by atoms with Crippen molar-refractivity contribution in [2.45, 2.75) is 129 Å². The second-order valence-corrected chi connectivity index (χ2v) is 9.52. The lowest BCUT2D eigenvalue weighted by Crippen LogP contribution is -2.12. The van der Waals surface area contributed by atoms with Crippen molar-refractivity contribution in [3.05, 3.63) is 12.2 Å². The maximum absolute atomic E-state index is 10.9. The Kier molecular flexibility index (Phi) is 20.6. The average Bonchev–Trinajstić information content (AvgIpc) is 2.68. The highest BCUT2D eigenvalue weighted by atomic mass is 32.3. The van der Waals surface area contributed by atoms with Gasteiger partial charge in [-0.2, -0.15) is 8.42 Å². The van der Waals surface area contributed by atoms with Gasteiger partial charge in [-0.25, -0.2) is 4.18 Å². The molecule has 0 saturated heterocycles. The summed E-state index contributed by atoms with van der Waals surface area (Å²) in [5.74, 6) is 0.0612. The zero-order valence-electron chi connectivity index (χ0n) is 19.2. The summed E-state index contributed by atoms with van der Waals surface area (Å²) in [6.45, 7) is 4.52. The molecule has 0 saturated carbocycles. The summed E-state index contributed by atoms with van der Waals surface area (Å²) in [7, 11) is -4.35. The van der Waals surface area contributed by atoms with Crippen molar-refractivity contribution >= 4 is 10.4 Å². The Bertz CT molecular complexity index is 460. The van der Waals surface area contributed by atoms with Gasteiger partial charge in [0, 0.05) is 5.92 Å². The van der Waals surface area contributed by atoms with E-state index in [-0.39, 0.29) is 12.5 Å². The third-order valence-corrected chi connectivity index (χ3v) is 5.93. The minimum Gasteiger partial charge on any atom is -0.264 e. The monoisotopic (exact) mass is 432 g/mol. The topological polar surface area (TPSA) is 63.6 Å². The van der Waals surface area contributed by atoms with Gasteiger partial charge in [-0.1, -0.05) is 122 Å². The first-order valence-electron chi connectivity index (χ1n) is 12.3. The molecule has 174 valence electrons. The predicted octanol–water partition coefficient (Wildman–Crippen LogP) is 8.04. The van der Waals surface area contributed by atoms with Crippen LogP contribution < -0.4 is 0 Å². The minimum absolute atomic E-state index is 0.0446. The van der Waals surface area contributed by atoms with Crippen LogP contribution >= 0.6 is 0 Å². The molecule has 0 heterocycles. The Morgan fingerprint density at radius 2 is 1.17 bits per heavy atom. The second-order valence-electron chi connectivity index (χ2n) is 8.43. The van der Waals surface area contributed by atoms with Crippen LogP contribution in [0.4, 0.5) is 0 Å². The minimum atomic E-state index is -4.35. The van der Waals surface area contributed by atoms with Crippen molar-refractivity contribution in [2.24, 2.45) is 5.92 Å². The summed E-state index contributed by atoms with van der Waals surface area (Å²) in [5.41, 5.74) is 0. The van der Waals surface area contributed by atoms with E-state index in [1.165, 1.54) is 96.3 Å². The van der Waals surface area contributed by atoms with Gasteiger partial charge >= 0.3 is 10.4 Å². The predicted molar refractivity (Wildman–Crippen MR) is 125 cm³/mol. The molecule has 1 unspecified atom stereocenters.